The van der Waals surface area contributed by atoms with Crippen LogP contribution in [0.3, 0.4) is 0 Å². The standard InChI is InChI=1S/C21H26FN3O3/c1-4-11-24-12-13-25-19(28)18(27)17(23-20(25)21(24,2)3)16(26)10-7-14-5-8-15(22)9-6-14/h5-6,8-9,27H,4,7,10-13H2,1-3H3. The minimum absolute atomic E-state index is 0.0776. The second-order valence-electron chi connectivity index (χ2n) is 7.69. The number of ketones is 1. The molecule has 3 rings (SSSR count). The van der Waals surface area contributed by atoms with Crippen molar-refractivity contribution in [2.45, 2.75) is 52.1 Å². The summed E-state index contributed by atoms with van der Waals surface area (Å²) < 4.78 is 14.5. The van der Waals surface area contributed by atoms with Gasteiger partial charge in [0.1, 0.15) is 11.6 Å². The number of fused-ring (bicyclic) bond motifs is 1. The maximum atomic E-state index is 13.0. The number of aromatic nitrogens is 2. The van der Waals surface area contributed by atoms with Gasteiger partial charge in [0.2, 0.25) is 5.75 Å². The molecule has 7 heteroatoms. The minimum Gasteiger partial charge on any atom is -0.501 e. The summed E-state index contributed by atoms with van der Waals surface area (Å²) in [6.45, 7) is 8.02. The number of rotatable bonds is 6. The van der Waals surface area contributed by atoms with E-state index in [9.17, 15) is 19.1 Å². The highest BCUT2D eigenvalue weighted by Gasteiger charge is 2.38. The summed E-state index contributed by atoms with van der Waals surface area (Å²) in [5.41, 5.74) is -0.463. The maximum Gasteiger partial charge on any atom is 0.296 e. The molecule has 0 saturated carbocycles. The van der Waals surface area contributed by atoms with Crippen LogP contribution in [-0.2, 0) is 18.5 Å². The van der Waals surface area contributed by atoms with E-state index < -0.39 is 22.6 Å². The van der Waals surface area contributed by atoms with E-state index in [4.69, 9.17) is 0 Å². The lowest BCUT2D eigenvalue weighted by molar-refractivity contribution is 0.0730. The molecule has 0 bridgehead atoms. The fraction of sp³-hybridized carbons (Fsp3) is 0.476. The normalized spacial score (nSPS) is 16.0. The van der Waals surface area contributed by atoms with Crippen molar-refractivity contribution in [2.24, 2.45) is 0 Å². The zero-order valence-corrected chi connectivity index (χ0v) is 16.5. The molecule has 2 aromatic rings. The quantitative estimate of drug-likeness (QED) is 0.772. The lowest BCUT2D eigenvalue weighted by Crippen LogP contribution is -2.52. The number of halogens is 1. The highest BCUT2D eigenvalue weighted by molar-refractivity contribution is 5.96. The molecule has 28 heavy (non-hydrogen) atoms. The Labute approximate surface area is 163 Å². The fourth-order valence-electron chi connectivity index (χ4n) is 3.74. The number of Topliss-reactive ketones (excluding diaryl/α,β-unsaturated/α-hetero) is 1. The number of carbonyl (C=O) groups is 1. The summed E-state index contributed by atoms with van der Waals surface area (Å²) >= 11 is 0. The highest BCUT2D eigenvalue weighted by atomic mass is 19.1. The summed E-state index contributed by atoms with van der Waals surface area (Å²) in [5.74, 6) is -0.825. The van der Waals surface area contributed by atoms with Gasteiger partial charge in [0.05, 0.1) is 5.54 Å². The Bertz CT molecular complexity index is 935. The van der Waals surface area contributed by atoms with Gasteiger partial charge in [-0.25, -0.2) is 9.37 Å². The van der Waals surface area contributed by atoms with Crippen LogP contribution in [-0.4, -0.2) is 38.4 Å². The number of aromatic hydroxyl groups is 1. The molecule has 0 fully saturated rings. The number of carbonyl (C=O) groups excluding carboxylic acids is 1. The van der Waals surface area contributed by atoms with Gasteiger partial charge in [0.25, 0.3) is 5.56 Å². The Balaban J connectivity index is 1.91. The number of nitrogens with zero attached hydrogens (tertiary/aromatic N) is 3. The third-order valence-electron chi connectivity index (χ3n) is 5.39. The Morgan fingerprint density at radius 2 is 1.93 bits per heavy atom. The molecular formula is C21H26FN3O3. The average Bonchev–Trinajstić information content (AvgIpc) is 2.66. The molecule has 1 aromatic heterocycles. The molecule has 0 unspecified atom stereocenters. The first-order valence-electron chi connectivity index (χ1n) is 9.62. The van der Waals surface area contributed by atoms with E-state index in [2.05, 4.69) is 16.8 Å². The van der Waals surface area contributed by atoms with Crippen molar-refractivity contribution in [1.82, 2.24) is 14.5 Å². The molecule has 0 spiro atoms. The zero-order valence-electron chi connectivity index (χ0n) is 16.5. The van der Waals surface area contributed by atoms with Crippen LogP contribution in [0.25, 0.3) is 0 Å². The van der Waals surface area contributed by atoms with E-state index in [1.165, 1.54) is 16.7 Å². The van der Waals surface area contributed by atoms with Crippen molar-refractivity contribution in [3.63, 3.8) is 0 Å². The van der Waals surface area contributed by atoms with Crippen molar-refractivity contribution in [3.05, 3.63) is 57.5 Å². The first-order chi connectivity index (χ1) is 13.3. The fourth-order valence-corrected chi connectivity index (χ4v) is 3.74. The average molecular weight is 387 g/mol. The number of hydrogen-bond donors (Lipinski definition) is 1. The van der Waals surface area contributed by atoms with Gasteiger partial charge in [-0.1, -0.05) is 19.1 Å². The van der Waals surface area contributed by atoms with Crippen LogP contribution in [0.1, 0.15) is 55.5 Å². The van der Waals surface area contributed by atoms with Crippen LogP contribution in [0, 0.1) is 5.82 Å². The van der Waals surface area contributed by atoms with Crippen molar-refractivity contribution in [2.75, 3.05) is 13.1 Å². The molecule has 150 valence electrons. The van der Waals surface area contributed by atoms with Crippen LogP contribution >= 0.6 is 0 Å². The van der Waals surface area contributed by atoms with Gasteiger partial charge in [-0.05, 0) is 50.9 Å². The van der Waals surface area contributed by atoms with Crippen LogP contribution in [0.5, 0.6) is 5.75 Å². The molecule has 1 aliphatic rings. The van der Waals surface area contributed by atoms with Gasteiger partial charge >= 0.3 is 0 Å². The molecule has 0 atom stereocenters. The molecule has 0 radical (unpaired) electrons. The number of aryl methyl sites for hydroxylation is 1. The van der Waals surface area contributed by atoms with E-state index in [1.807, 2.05) is 13.8 Å². The van der Waals surface area contributed by atoms with Crippen LogP contribution in [0.15, 0.2) is 29.1 Å². The lowest BCUT2D eigenvalue weighted by Gasteiger charge is -2.43. The molecule has 0 saturated heterocycles. The molecule has 1 aliphatic heterocycles. The van der Waals surface area contributed by atoms with E-state index >= 15 is 0 Å². The minimum atomic E-state index is -0.590. The van der Waals surface area contributed by atoms with Gasteiger partial charge in [0, 0.05) is 19.5 Å². The summed E-state index contributed by atoms with van der Waals surface area (Å²) in [4.78, 5) is 32.0. The topological polar surface area (TPSA) is 75.4 Å². The largest absolute Gasteiger partial charge is 0.501 e. The Kier molecular flexibility index (Phi) is 5.65. The van der Waals surface area contributed by atoms with E-state index in [0.29, 0.717) is 25.3 Å². The van der Waals surface area contributed by atoms with Gasteiger partial charge < -0.3 is 5.11 Å². The smallest absolute Gasteiger partial charge is 0.296 e. The van der Waals surface area contributed by atoms with Crippen molar-refractivity contribution in [1.29, 1.82) is 0 Å². The van der Waals surface area contributed by atoms with Crippen LogP contribution < -0.4 is 5.56 Å². The third-order valence-corrected chi connectivity index (χ3v) is 5.39. The summed E-state index contributed by atoms with van der Waals surface area (Å²) in [6.07, 6.45) is 1.42. The van der Waals surface area contributed by atoms with Gasteiger partial charge in [0.15, 0.2) is 11.5 Å². The molecule has 6 nitrogen and oxygen atoms in total. The monoisotopic (exact) mass is 387 g/mol. The first kappa shape index (κ1) is 20.2. The maximum absolute atomic E-state index is 13.0. The summed E-state index contributed by atoms with van der Waals surface area (Å²) in [5, 5.41) is 10.3. The van der Waals surface area contributed by atoms with Gasteiger partial charge in [-0.2, -0.15) is 0 Å². The predicted molar refractivity (Wildman–Crippen MR) is 104 cm³/mol. The Morgan fingerprint density at radius 1 is 1.25 bits per heavy atom. The first-order valence-corrected chi connectivity index (χ1v) is 9.62. The molecule has 1 N–H and O–H groups in total. The van der Waals surface area contributed by atoms with E-state index in [0.717, 1.165) is 18.5 Å². The molecular weight excluding hydrogens is 361 g/mol. The van der Waals surface area contributed by atoms with Crippen molar-refractivity contribution < 1.29 is 14.3 Å². The molecule has 2 heterocycles. The SMILES string of the molecule is CCCN1CCn2c(nc(C(=O)CCc3ccc(F)cc3)c(O)c2=O)C1(C)C. The lowest BCUT2D eigenvalue weighted by atomic mass is 9.97. The molecule has 0 amide bonds. The third kappa shape index (κ3) is 3.71. The van der Waals surface area contributed by atoms with Gasteiger partial charge in [-0.3, -0.25) is 19.1 Å². The van der Waals surface area contributed by atoms with Gasteiger partial charge in [-0.15, -0.1) is 0 Å². The summed E-state index contributed by atoms with van der Waals surface area (Å²) in [7, 11) is 0. The summed E-state index contributed by atoms with van der Waals surface area (Å²) in [6, 6.07) is 5.91. The number of benzene rings is 1. The van der Waals surface area contributed by atoms with Crippen LogP contribution in [0.4, 0.5) is 4.39 Å². The Hall–Kier alpha value is -2.54. The van der Waals surface area contributed by atoms with Crippen LogP contribution in [0.2, 0.25) is 0 Å². The van der Waals surface area contributed by atoms with E-state index in [-0.39, 0.29) is 17.9 Å². The predicted octanol–water partition coefficient (Wildman–Crippen LogP) is 2.86. The molecule has 0 aliphatic carbocycles. The van der Waals surface area contributed by atoms with Crippen molar-refractivity contribution >= 4 is 5.78 Å². The molecule has 1 aromatic carbocycles. The van der Waals surface area contributed by atoms with Crippen molar-refractivity contribution in [3.8, 4) is 5.75 Å². The number of hydrogen-bond acceptors (Lipinski definition) is 5. The second kappa shape index (κ2) is 7.83. The zero-order chi connectivity index (χ0) is 20.5. The van der Waals surface area contributed by atoms with E-state index in [1.54, 1.807) is 12.1 Å². The second-order valence-corrected chi connectivity index (χ2v) is 7.69. The highest BCUT2D eigenvalue weighted by Crippen LogP contribution is 2.30. The Morgan fingerprint density at radius 3 is 2.57 bits per heavy atom.